The van der Waals surface area contributed by atoms with Gasteiger partial charge in [0.25, 0.3) is 5.91 Å². The Morgan fingerprint density at radius 3 is 2.95 bits per heavy atom. The monoisotopic (exact) mass is 286 g/mol. The molecule has 4 nitrogen and oxygen atoms in total. The minimum atomic E-state index is -0.228. The first-order valence-electron chi connectivity index (χ1n) is 6.09. The van der Waals surface area contributed by atoms with Crippen molar-refractivity contribution in [1.29, 1.82) is 0 Å². The lowest BCUT2D eigenvalue weighted by molar-refractivity contribution is 0.0950. The molecular formula is C15H14N2O2S. The van der Waals surface area contributed by atoms with Crippen molar-refractivity contribution < 1.29 is 9.90 Å². The van der Waals surface area contributed by atoms with Crippen LogP contribution in [0.2, 0.25) is 0 Å². The van der Waals surface area contributed by atoms with E-state index in [-0.39, 0.29) is 12.5 Å². The van der Waals surface area contributed by atoms with Crippen LogP contribution in [0.5, 0.6) is 0 Å². The fourth-order valence-corrected chi connectivity index (χ4v) is 2.39. The van der Waals surface area contributed by atoms with E-state index in [1.807, 2.05) is 13.0 Å². The van der Waals surface area contributed by atoms with E-state index in [1.54, 1.807) is 35.7 Å². The average molecular weight is 286 g/mol. The number of aliphatic hydroxyl groups excluding tert-OH is 1. The number of thiazole rings is 1. The minimum Gasteiger partial charge on any atom is -0.384 e. The highest BCUT2D eigenvalue weighted by atomic mass is 32.1. The summed E-state index contributed by atoms with van der Waals surface area (Å²) in [5, 5.41) is 12.4. The Morgan fingerprint density at radius 2 is 2.25 bits per heavy atom. The summed E-state index contributed by atoms with van der Waals surface area (Å²) in [6.45, 7) is 2.15. The summed E-state index contributed by atoms with van der Waals surface area (Å²) < 4.78 is 0. The lowest BCUT2D eigenvalue weighted by Crippen LogP contribution is -2.23. The van der Waals surface area contributed by atoms with E-state index in [4.69, 9.17) is 5.11 Å². The highest BCUT2D eigenvalue weighted by Gasteiger charge is 2.10. The Balaban J connectivity index is 2.09. The third kappa shape index (κ3) is 3.67. The molecule has 20 heavy (non-hydrogen) atoms. The second-order valence-corrected chi connectivity index (χ2v) is 5.37. The van der Waals surface area contributed by atoms with Gasteiger partial charge in [0.05, 0.1) is 12.1 Å². The smallest absolute Gasteiger partial charge is 0.252 e. The van der Waals surface area contributed by atoms with Crippen LogP contribution in [0.15, 0.2) is 30.5 Å². The lowest BCUT2D eigenvalue weighted by atomic mass is 10.1. The first-order chi connectivity index (χ1) is 9.70. The molecule has 1 heterocycles. The standard InChI is InChI=1S/C15H14N2O2S/c1-11-9-16-14(20-11)10-17-15(19)13-7-3-2-5-12(13)6-4-8-18/h2-3,5,7,9,18H,8,10H2,1H3,(H,17,19). The Labute approximate surface area is 121 Å². The lowest BCUT2D eigenvalue weighted by Gasteiger charge is -2.05. The molecule has 102 valence electrons. The molecule has 0 saturated carbocycles. The molecule has 1 aromatic heterocycles. The number of aromatic nitrogens is 1. The normalized spacial score (nSPS) is 9.70. The van der Waals surface area contributed by atoms with Crippen LogP contribution < -0.4 is 5.32 Å². The van der Waals surface area contributed by atoms with E-state index in [9.17, 15) is 4.79 Å². The summed E-state index contributed by atoms with van der Waals surface area (Å²) in [6.07, 6.45) is 1.78. The van der Waals surface area contributed by atoms with Gasteiger partial charge in [0, 0.05) is 16.6 Å². The van der Waals surface area contributed by atoms with Gasteiger partial charge in [-0.3, -0.25) is 4.79 Å². The average Bonchev–Trinajstić information content (AvgIpc) is 2.88. The van der Waals surface area contributed by atoms with E-state index < -0.39 is 0 Å². The van der Waals surface area contributed by atoms with Gasteiger partial charge >= 0.3 is 0 Å². The van der Waals surface area contributed by atoms with Crippen molar-refractivity contribution in [1.82, 2.24) is 10.3 Å². The van der Waals surface area contributed by atoms with Gasteiger partial charge in [0.2, 0.25) is 0 Å². The van der Waals surface area contributed by atoms with Gasteiger partial charge in [0.1, 0.15) is 11.6 Å². The molecule has 2 N–H and O–H groups in total. The molecule has 0 fully saturated rings. The van der Waals surface area contributed by atoms with Crippen LogP contribution in [0, 0.1) is 18.8 Å². The molecule has 0 spiro atoms. The molecule has 0 aliphatic heterocycles. The molecule has 0 atom stereocenters. The molecule has 5 heteroatoms. The van der Waals surface area contributed by atoms with Crippen molar-refractivity contribution in [3.8, 4) is 11.8 Å². The predicted molar refractivity (Wildman–Crippen MR) is 78.4 cm³/mol. The van der Waals surface area contributed by atoms with Crippen LogP contribution in [0.4, 0.5) is 0 Å². The number of carbonyl (C=O) groups is 1. The number of aliphatic hydroxyl groups is 1. The van der Waals surface area contributed by atoms with E-state index >= 15 is 0 Å². The Kier molecular flexibility index (Phi) is 4.88. The first kappa shape index (κ1) is 14.3. The zero-order chi connectivity index (χ0) is 14.4. The molecule has 0 unspecified atom stereocenters. The summed E-state index contributed by atoms with van der Waals surface area (Å²) >= 11 is 1.56. The van der Waals surface area contributed by atoms with Crippen molar-refractivity contribution in [2.24, 2.45) is 0 Å². The van der Waals surface area contributed by atoms with Gasteiger partial charge in [-0.25, -0.2) is 4.98 Å². The molecule has 0 aliphatic carbocycles. The third-order valence-corrected chi connectivity index (χ3v) is 3.46. The topological polar surface area (TPSA) is 62.2 Å². The number of nitrogens with zero attached hydrogens (tertiary/aromatic N) is 1. The van der Waals surface area contributed by atoms with Gasteiger partial charge in [-0.05, 0) is 19.1 Å². The van der Waals surface area contributed by atoms with E-state index in [0.29, 0.717) is 17.7 Å². The van der Waals surface area contributed by atoms with Crippen LogP contribution in [0.25, 0.3) is 0 Å². The number of amides is 1. The molecule has 1 aromatic carbocycles. The third-order valence-electron chi connectivity index (χ3n) is 2.54. The highest BCUT2D eigenvalue weighted by molar-refractivity contribution is 7.11. The van der Waals surface area contributed by atoms with Crippen molar-refractivity contribution in [3.63, 3.8) is 0 Å². The van der Waals surface area contributed by atoms with Crippen LogP contribution in [0.3, 0.4) is 0 Å². The van der Waals surface area contributed by atoms with Crippen LogP contribution in [0.1, 0.15) is 25.8 Å². The number of aryl methyl sites for hydroxylation is 1. The maximum absolute atomic E-state index is 12.1. The highest BCUT2D eigenvalue weighted by Crippen LogP contribution is 2.12. The zero-order valence-electron chi connectivity index (χ0n) is 11.0. The summed E-state index contributed by atoms with van der Waals surface area (Å²) in [6, 6.07) is 7.06. The van der Waals surface area contributed by atoms with Crippen molar-refractivity contribution in [2.45, 2.75) is 13.5 Å². The number of hydrogen-bond donors (Lipinski definition) is 2. The van der Waals surface area contributed by atoms with E-state index in [0.717, 1.165) is 9.88 Å². The molecule has 2 aromatic rings. The molecule has 1 amide bonds. The summed E-state index contributed by atoms with van der Waals surface area (Å²) in [7, 11) is 0. The minimum absolute atomic E-state index is 0.194. The number of carbonyl (C=O) groups excluding carboxylic acids is 1. The largest absolute Gasteiger partial charge is 0.384 e. The molecule has 0 aliphatic rings. The Hall–Kier alpha value is -2.16. The van der Waals surface area contributed by atoms with Gasteiger partial charge in [-0.1, -0.05) is 24.0 Å². The van der Waals surface area contributed by atoms with Gasteiger partial charge in [-0.15, -0.1) is 11.3 Å². The van der Waals surface area contributed by atoms with Crippen LogP contribution in [-0.2, 0) is 6.54 Å². The van der Waals surface area contributed by atoms with Crippen LogP contribution >= 0.6 is 11.3 Å². The van der Waals surface area contributed by atoms with Gasteiger partial charge in [0.15, 0.2) is 0 Å². The molecule has 2 rings (SSSR count). The number of nitrogens with one attached hydrogen (secondary N) is 1. The first-order valence-corrected chi connectivity index (χ1v) is 6.90. The van der Waals surface area contributed by atoms with Crippen LogP contribution in [-0.4, -0.2) is 22.6 Å². The fraction of sp³-hybridized carbons (Fsp3) is 0.200. The zero-order valence-corrected chi connectivity index (χ0v) is 11.8. The van der Waals surface area contributed by atoms with Crippen molar-refractivity contribution in [2.75, 3.05) is 6.61 Å². The van der Waals surface area contributed by atoms with Crippen molar-refractivity contribution in [3.05, 3.63) is 51.5 Å². The predicted octanol–water partition coefficient (Wildman–Crippen LogP) is 1.73. The molecule has 0 radical (unpaired) electrons. The quantitative estimate of drug-likeness (QED) is 0.845. The summed E-state index contributed by atoms with van der Waals surface area (Å²) in [5.41, 5.74) is 1.11. The fourth-order valence-electron chi connectivity index (χ4n) is 1.66. The summed E-state index contributed by atoms with van der Waals surface area (Å²) in [4.78, 5) is 17.5. The number of benzene rings is 1. The second kappa shape index (κ2) is 6.85. The maximum Gasteiger partial charge on any atom is 0.252 e. The molecule has 0 bridgehead atoms. The van der Waals surface area contributed by atoms with E-state index in [2.05, 4.69) is 22.1 Å². The SMILES string of the molecule is Cc1cnc(CNC(=O)c2ccccc2C#CCO)s1. The Morgan fingerprint density at radius 1 is 1.45 bits per heavy atom. The number of rotatable bonds is 3. The van der Waals surface area contributed by atoms with Gasteiger partial charge in [-0.2, -0.15) is 0 Å². The number of hydrogen-bond acceptors (Lipinski definition) is 4. The Bertz CT molecular complexity index is 668. The van der Waals surface area contributed by atoms with Gasteiger partial charge < -0.3 is 10.4 Å². The summed E-state index contributed by atoms with van der Waals surface area (Å²) in [5.74, 6) is 5.13. The maximum atomic E-state index is 12.1. The van der Waals surface area contributed by atoms with Crippen molar-refractivity contribution >= 4 is 17.2 Å². The molecule has 0 saturated heterocycles. The van der Waals surface area contributed by atoms with E-state index in [1.165, 1.54) is 0 Å². The second-order valence-electron chi connectivity index (χ2n) is 4.05. The molecular weight excluding hydrogens is 272 g/mol.